The van der Waals surface area contributed by atoms with E-state index in [9.17, 15) is 4.79 Å². The third kappa shape index (κ3) is 4.62. The summed E-state index contributed by atoms with van der Waals surface area (Å²) in [6, 6.07) is 14.2. The number of rotatable bonds is 7. The van der Waals surface area contributed by atoms with Crippen LogP contribution in [-0.4, -0.2) is 49.4 Å². The highest BCUT2D eigenvalue weighted by Gasteiger charge is 2.20. The summed E-state index contributed by atoms with van der Waals surface area (Å²) in [5.41, 5.74) is 3.55. The van der Waals surface area contributed by atoms with Crippen LogP contribution >= 0.6 is 11.8 Å². The molecular weight excluding hydrogens is 394 g/mol. The summed E-state index contributed by atoms with van der Waals surface area (Å²) in [4.78, 5) is 18.8. The smallest absolute Gasteiger partial charge is 0.233 e. The Morgan fingerprint density at radius 3 is 2.57 bits per heavy atom. The molecule has 0 saturated carbocycles. The van der Waals surface area contributed by atoms with Crippen LogP contribution in [0.5, 0.6) is 0 Å². The number of nitrogens with zero attached hydrogens (tertiary/aromatic N) is 5. The van der Waals surface area contributed by atoms with Gasteiger partial charge in [-0.3, -0.25) is 9.78 Å². The second-order valence-electron chi connectivity index (χ2n) is 7.17. The molecule has 0 bridgehead atoms. The molecular formula is C23H25N5OS. The van der Waals surface area contributed by atoms with Crippen molar-refractivity contribution in [2.24, 2.45) is 0 Å². The van der Waals surface area contributed by atoms with Gasteiger partial charge in [-0.25, -0.2) is 0 Å². The molecule has 154 valence electrons. The van der Waals surface area contributed by atoms with Crippen molar-refractivity contribution in [1.82, 2.24) is 24.6 Å². The van der Waals surface area contributed by atoms with Gasteiger partial charge in [-0.05, 0) is 36.1 Å². The van der Waals surface area contributed by atoms with E-state index in [4.69, 9.17) is 0 Å². The maximum Gasteiger partial charge on any atom is 0.233 e. The van der Waals surface area contributed by atoms with Crippen molar-refractivity contribution in [2.45, 2.75) is 31.5 Å². The van der Waals surface area contributed by atoms with Crippen LogP contribution in [0.2, 0.25) is 0 Å². The minimum atomic E-state index is 0.139. The van der Waals surface area contributed by atoms with Crippen LogP contribution in [-0.2, 0) is 11.3 Å². The molecule has 1 aromatic carbocycles. The molecule has 3 heterocycles. The van der Waals surface area contributed by atoms with E-state index in [-0.39, 0.29) is 5.91 Å². The molecule has 0 radical (unpaired) electrons. The summed E-state index contributed by atoms with van der Waals surface area (Å²) in [6.45, 7) is 4.35. The van der Waals surface area contributed by atoms with Crippen LogP contribution in [0.15, 0.2) is 66.1 Å². The predicted octanol–water partition coefficient (Wildman–Crippen LogP) is 4.16. The van der Waals surface area contributed by atoms with Gasteiger partial charge in [0.05, 0.1) is 5.75 Å². The molecule has 0 aliphatic carbocycles. The Bertz CT molecular complexity index is 1020. The van der Waals surface area contributed by atoms with E-state index < -0.39 is 0 Å². The number of hydrogen-bond donors (Lipinski definition) is 0. The molecule has 0 unspecified atom stereocenters. The van der Waals surface area contributed by atoms with Gasteiger partial charge in [0.2, 0.25) is 5.91 Å². The Hall–Kier alpha value is -2.93. The van der Waals surface area contributed by atoms with Gasteiger partial charge < -0.3 is 9.47 Å². The Morgan fingerprint density at radius 2 is 1.87 bits per heavy atom. The van der Waals surface area contributed by atoms with Crippen LogP contribution in [0.4, 0.5) is 0 Å². The van der Waals surface area contributed by atoms with Crippen molar-refractivity contribution in [3.05, 3.63) is 66.5 Å². The first-order valence-electron chi connectivity index (χ1n) is 10.2. The van der Waals surface area contributed by atoms with Crippen molar-refractivity contribution < 1.29 is 4.79 Å². The average Bonchev–Trinajstić information content (AvgIpc) is 3.21. The molecule has 30 heavy (non-hydrogen) atoms. The van der Waals surface area contributed by atoms with E-state index in [1.54, 1.807) is 12.4 Å². The molecule has 2 aromatic heterocycles. The summed E-state index contributed by atoms with van der Waals surface area (Å²) >= 11 is 1.46. The minimum absolute atomic E-state index is 0.139. The molecule has 7 heteroatoms. The number of thioether (sulfide) groups is 1. The van der Waals surface area contributed by atoms with E-state index in [2.05, 4.69) is 57.0 Å². The van der Waals surface area contributed by atoms with Crippen molar-refractivity contribution >= 4 is 23.2 Å². The quantitative estimate of drug-likeness (QED) is 0.538. The lowest BCUT2D eigenvalue weighted by atomic mass is 10.00. The highest BCUT2D eigenvalue weighted by molar-refractivity contribution is 7.99. The SMILES string of the molecule is CCCn1c(SCC(=O)N2CC=C(c3ccccc3)CC2)nnc1-c1ccncc1. The van der Waals surface area contributed by atoms with Gasteiger partial charge in [-0.1, -0.05) is 55.1 Å². The number of hydrogen-bond acceptors (Lipinski definition) is 5. The summed E-state index contributed by atoms with van der Waals surface area (Å²) in [5, 5.41) is 9.51. The van der Waals surface area contributed by atoms with Gasteiger partial charge in [0.25, 0.3) is 0 Å². The molecule has 1 amide bonds. The largest absolute Gasteiger partial charge is 0.338 e. The molecule has 0 fully saturated rings. The normalized spacial score (nSPS) is 13.9. The first-order chi connectivity index (χ1) is 14.8. The first-order valence-corrected chi connectivity index (χ1v) is 11.2. The fraction of sp³-hybridized carbons (Fsp3) is 0.304. The Morgan fingerprint density at radius 1 is 1.07 bits per heavy atom. The minimum Gasteiger partial charge on any atom is -0.338 e. The van der Waals surface area contributed by atoms with E-state index in [1.165, 1.54) is 22.9 Å². The lowest BCUT2D eigenvalue weighted by Crippen LogP contribution is -2.35. The van der Waals surface area contributed by atoms with Gasteiger partial charge in [0.1, 0.15) is 0 Å². The van der Waals surface area contributed by atoms with E-state index >= 15 is 0 Å². The Labute approximate surface area is 181 Å². The second-order valence-corrected chi connectivity index (χ2v) is 8.11. The molecule has 0 N–H and O–H groups in total. The Kier molecular flexibility index (Phi) is 6.59. The third-order valence-electron chi connectivity index (χ3n) is 5.13. The molecule has 0 saturated heterocycles. The molecule has 1 aliphatic heterocycles. The van der Waals surface area contributed by atoms with Crippen molar-refractivity contribution in [3.63, 3.8) is 0 Å². The number of pyridine rings is 1. The average molecular weight is 420 g/mol. The summed E-state index contributed by atoms with van der Waals surface area (Å²) in [7, 11) is 0. The molecule has 0 spiro atoms. The fourth-order valence-electron chi connectivity index (χ4n) is 3.56. The second kappa shape index (κ2) is 9.71. The Balaban J connectivity index is 1.40. The zero-order chi connectivity index (χ0) is 20.8. The van der Waals surface area contributed by atoms with E-state index in [0.29, 0.717) is 12.3 Å². The highest BCUT2D eigenvalue weighted by atomic mass is 32.2. The molecule has 4 rings (SSSR count). The highest BCUT2D eigenvalue weighted by Crippen LogP contribution is 2.26. The number of aromatic nitrogens is 4. The zero-order valence-corrected chi connectivity index (χ0v) is 17.9. The summed E-state index contributed by atoms with van der Waals surface area (Å²) in [6.07, 6.45) is 7.53. The van der Waals surface area contributed by atoms with E-state index in [1.807, 2.05) is 23.1 Å². The monoisotopic (exact) mass is 419 g/mol. The maximum atomic E-state index is 12.8. The maximum absolute atomic E-state index is 12.8. The number of carbonyl (C=O) groups is 1. The van der Waals surface area contributed by atoms with E-state index in [0.717, 1.165) is 42.5 Å². The van der Waals surface area contributed by atoms with Crippen LogP contribution in [0.25, 0.3) is 17.0 Å². The van der Waals surface area contributed by atoms with Crippen LogP contribution in [0.1, 0.15) is 25.3 Å². The van der Waals surface area contributed by atoms with Crippen LogP contribution in [0, 0.1) is 0 Å². The van der Waals surface area contributed by atoms with Gasteiger partial charge in [0.15, 0.2) is 11.0 Å². The molecule has 6 nitrogen and oxygen atoms in total. The van der Waals surface area contributed by atoms with Gasteiger partial charge in [-0.15, -0.1) is 10.2 Å². The van der Waals surface area contributed by atoms with Crippen molar-refractivity contribution in [3.8, 4) is 11.4 Å². The summed E-state index contributed by atoms with van der Waals surface area (Å²) < 4.78 is 2.09. The van der Waals surface area contributed by atoms with Crippen LogP contribution in [0.3, 0.4) is 0 Å². The fourth-order valence-corrected chi connectivity index (χ4v) is 4.43. The lowest BCUT2D eigenvalue weighted by molar-refractivity contribution is -0.127. The van der Waals surface area contributed by atoms with Crippen LogP contribution < -0.4 is 0 Å². The van der Waals surface area contributed by atoms with Crippen molar-refractivity contribution in [1.29, 1.82) is 0 Å². The predicted molar refractivity (Wildman–Crippen MR) is 120 cm³/mol. The van der Waals surface area contributed by atoms with Gasteiger partial charge in [-0.2, -0.15) is 0 Å². The topological polar surface area (TPSA) is 63.9 Å². The van der Waals surface area contributed by atoms with Crippen molar-refractivity contribution in [2.75, 3.05) is 18.8 Å². The molecule has 3 aromatic rings. The first kappa shape index (κ1) is 20.3. The van der Waals surface area contributed by atoms with Gasteiger partial charge in [0, 0.05) is 37.6 Å². The molecule has 0 atom stereocenters. The zero-order valence-electron chi connectivity index (χ0n) is 17.1. The number of carbonyl (C=O) groups excluding carboxylic acids is 1. The standard InChI is InChI=1S/C23H25N5OS/c1-2-14-28-22(20-8-12-24-13-9-20)25-26-23(28)30-17-21(29)27-15-10-19(11-16-27)18-6-4-3-5-7-18/h3-10,12-13H,2,11,14-17H2,1H3. The third-order valence-corrected chi connectivity index (χ3v) is 6.09. The number of amides is 1. The lowest BCUT2D eigenvalue weighted by Gasteiger charge is -2.26. The van der Waals surface area contributed by atoms with Gasteiger partial charge >= 0.3 is 0 Å². The number of benzene rings is 1. The summed E-state index contributed by atoms with van der Waals surface area (Å²) in [5.74, 6) is 1.33. The molecule has 1 aliphatic rings.